The van der Waals surface area contributed by atoms with Crippen molar-refractivity contribution in [2.45, 2.75) is 44.7 Å². The molecule has 2 amide bonds. The lowest BCUT2D eigenvalue weighted by molar-refractivity contribution is -0.121. The number of hydrogen-bond acceptors (Lipinski definition) is 6. The van der Waals surface area contributed by atoms with E-state index in [0.29, 0.717) is 6.42 Å². The fourth-order valence-corrected chi connectivity index (χ4v) is 4.36. The molecular weight excluding hydrogens is 450 g/mol. The highest BCUT2D eigenvalue weighted by molar-refractivity contribution is 5.85. The van der Waals surface area contributed by atoms with Crippen LogP contribution in [0.4, 0.5) is 4.79 Å². The summed E-state index contributed by atoms with van der Waals surface area (Å²) in [7, 11) is 0. The molecule has 3 aromatic rings. The Balaban J connectivity index is 1.30. The van der Waals surface area contributed by atoms with Crippen LogP contribution in [0.5, 0.6) is 0 Å². The van der Waals surface area contributed by atoms with Crippen molar-refractivity contribution in [1.29, 1.82) is 0 Å². The topological polar surface area (TPSA) is 131 Å². The average molecular weight is 478 g/mol. The number of carbonyl (C=O) groups is 3. The van der Waals surface area contributed by atoms with Crippen LogP contribution >= 0.6 is 0 Å². The highest BCUT2D eigenvalue weighted by atomic mass is 16.5. The van der Waals surface area contributed by atoms with E-state index in [1.165, 1.54) is 6.07 Å². The van der Waals surface area contributed by atoms with Crippen LogP contribution in [0.3, 0.4) is 0 Å². The molecule has 0 saturated carbocycles. The van der Waals surface area contributed by atoms with Crippen molar-refractivity contribution in [3.05, 3.63) is 77.2 Å². The minimum Gasteiger partial charge on any atom is -0.476 e. The lowest BCUT2D eigenvalue weighted by Gasteiger charge is -2.19. The number of carboxylic acids is 1. The summed E-state index contributed by atoms with van der Waals surface area (Å²) < 4.78 is 10.5. The predicted octanol–water partition coefficient (Wildman–Crippen LogP) is 4.09. The van der Waals surface area contributed by atoms with Crippen LogP contribution in [0.1, 0.15) is 59.5 Å². The molecule has 0 fully saturated rings. The number of nitrogens with one attached hydrogen (secondary N) is 2. The highest BCUT2D eigenvalue weighted by Crippen LogP contribution is 2.44. The summed E-state index contributed by atoms with van der Waals surface area (Å²) in [6.45, 7) is 2.16. The normalized spacial score (nSPS) is 12.9. The van der Waals surface area contributed by atoms with Crippen LogP contribution in [0.15, 0.2) is 59.1 Å². The minimum atomic E-state index is -1.21. The number of amides is 2. The molecule has 0 bridgehead atoms. The number of benzene rings is 2. The summed E-state index contributed by atoms with van der Waals surface area (Å²) in [6, 6.07) is 17.1. The molecule has 1 atom stereocenters. The Morgan fingerprint density at radius 2 is 1.74 bits per heavy atom. The molecule has 4 rings (SSSR count). The molecule has 35 heavy (non-hydrogen) atoms. The van der Waals surface area contributed by atoms with E-state index < -0.39 is 18.1 Å². The fourth-order valence-electron chi connectivity index (χ4n) is 4.36. The molecule has 1 heterocycles. The molecule has 0 aliphatic heterocycles. The number of hydrogen-bond donors (Lipinski definition) is 3. The van der Waals surface area contributed by atoms with Gasteiger partial charge in [0.15, 0.2) is 11.5 Å². The van der Waals surface area contributed by atoms with Gasteiger partial charge >= 0.3 is 12.1 Å². The molecule has 0 saturated heterocycles. The van der Waals surface area contributed by atoms with Crippen molar-refractivity contribution in [2.75, 3.05) is 6.61 Å². The Labute approximate surface area is 202 Å². The molecule has 9 nitrogen and oxygen atoms in total. The van der Waals surface area contributed by atoms with Gasteiger partial charge < -0.3 is 25.0 Å². The maximum atomic E-state index is 12.6. The molecule has 182 valence electrons. The highest BCUT2D eigenvalue weighted by Gasteiger charge is 2.29. The summed E-state index contributed by atoms with van der Waals surface area (Å²) in [5, 5.41) is 17.7. The van der Waals surface area contributed by atoms with Crippen LogP contribution in [0.25, 0.3) is 11.1 Å². The number of aromatic nitrogens is 1. The molecule has 1 aliphatic rings. The zero-order valence-electron chi connectivity index (χ0n) is 19.3. The van der Waals surface area contributed by atoms with E-state index in [9.17, 15) is 14.4 Å². The summed E-state index contributed by atoms with van der Waals surface area (Å²) in [6.07, 6.45) is 0.853. The third-order valence-electron chi connectivity index (χ3n) is 5.97. The van der Waals surface area contributed by atoms with E-state index in [1.54, 1.807) is 0 Å². The van der Waals surface area contributed by atoms with Crippen LogP contribution < -0.4 is 10.6 Å². The van der Waals surface area contributed by atoms with Gasteiger partial charge in [-0.2, -0.15) is 0 Å². The van der Waals surface area contributed by atoms with E-state index in [0.717, 1.165) is 28.7 Å². The number of carbonyl (C=O) groups excluding carboxylic acids is 2. The smallest absolute Gasteiger partial charge is 0.407 e. The Morgan fingerprint density at radius 1 is 1.09 bits per heavy atom. The zero-order valence-corrected chi connectivity index (χ0v) is 19.3. The maximum Gasteiger partial charge on any atom is 0.407 e. The van der Waals surface area contributed by atoms with Gasteiger partial charge in [-0.25, -0.2) is 9.59 Å². The van der Waals surface area contributed by atoms with Gasteiger partial charge in [0.05, 0.1) is 6.54 Å². The van der Waals surface area contributed by atoms with Crippen molar-refractivity contribution in [3.63, 3.8) is 0 Å². The molecular formula is C26H27N3O6. The first-order valence-corrected chi connectivity index (χ1v) is 11.5. The summed E-state index contributed by atoms with van der Waals surface area (Å²) in [5.41, 5.74) is 4.34. The van der Waals surface area contributed by atoms with Gasteiger partial charge in [0.25, 0.3) is 0 Å². The van der Waals surface area contributed by atoms with Crippen molar-refractivity contribution in [3.8, 4) is 11.1 Å². The Bertz CT molecular complexity index is 1180. The molecule has 0 spiro atoms. The van der Waals surface area contributed by atoms with Gasteiger partial charge in [-0.15, -0.1) is 0 Å². The fraction of sp³-hybridized carbons (Fsp3) is 0.308. The molecule has 2 aromatic carbocycles. The second-order valence-corrected chi connectivity index (χ2v) is 8.42. The zero-order chi connectivity index (χ0) is 24.8. The monoisotopic (exact) mass is 477 g/mol. The van der Waals surface area contributed by atoms with Gasteiger partial charge in [0, 0.05) is 24.4 Å². The lowest BCUT2D eigenvalue weighted by atomic mass is 9.98. The first-order valence-electron chi connectivity index (χ1n) is 11.5. The van der Waals surface area contributed by atoms with Crippen LogP contribution in [-0.2, 0) is 16.1 Å². The van der Waals surface area contributed by atoms with Crippen molar-refractivity contribution >= 4 is 18.0 Å². The summed E-state index contributed by atoms with van der Waals surface area (Å²) >= 11 is 0. The van der Waals surface area contributed by atoms with E-state index in [-0.39, 0.29) is 42.9 Å². The number of alkyl carbamates (subject to hydrolysis) is 1. The first kappa shape index (κ1) is 24.0. The lowest BCUT2D eigenvalue weighted by Crippen LogP contribution is -2.39. The third kappa shape index (κ3) is 5.68. The van der Waals surface area contributed by atoms with Crippen molar-refractivity contribution < 1.29 is 28.8 Å². The van der Waals surface area contributed by atoms with Crippen molar-refractivity contribution in [2.24, 2.45) is 0 Å². The Hall–Kier alpha value is -4.14. The predicted molar refractivity (Wildman–Crippen MR) is 127 cm³/mol. The average Bonchev–Trinajstić information content (AvgIpc) is 3.45. The summed E-state index contributed by atoms with van der Waals surface area (Å²) in [5.74, 6) is -1.33. The van der Waals surface area contributed by atoms with E-state index in [2.05, 4.69) is 40.1 Å². The van der Waals surface area contributed by atoms with Gasteiger partial charge in [-0.1, -0.05) is 67.0 Å². The van der Waals surface area contributed by atoms with Gasteiger partial charge in [-0.3, -0.25) is 4.79 Å². The first-order chi connectivity index (χ1) is 17.0. The standard InChI is InChI=1S/C26H27N3O6/c1-2-7-16(12-24(30)27-14-17-13-23(25(31)32)29-35-17)28-26(33)34-15-22-20-10-5-3-8-18(20)19-9-4-6-11-21(19)22/h3-6,8-11,13,16,22H,2,7,12,14-15H2,1H3,(H,27,30)(H,28,33)(H,31,32)/t16-/m0/s1. The number of carboxylic acid groups (broad SMARTS) is 1. The van der Waals surface area contributed by atoms with Gasteiger partial charge in [0.2, 0.25) is 5.91 Å². The molecule has 0 radical (unpaired) electrons. The Morgan fingerprint density at radius 3 is 2.34 bits per heavy atom. The number of rotatable bonds is 10. The maximum absolute atomic E-state index is 12.6. The summed E-state index contributed by atoms with van der Waals surface area (Å²) in [4.78, 5) is 35.8. The second-order valence-electron chi connectivity index (χ2n) is 8.42. The number of fused-ring (bicyclic) bond motifs is 3. The Kier molecular flexibility index (Phi) is 7.45. The second kappa shape index (κ2) is 10.9. The van der Waals surface area contributed by atoms with Crippen LogP contribution in [0, 0.1) is 0 Å². The molecule has 1 aliphatic carbocycles. The molecule has 3 N–H and O–H groups in total. The van der Waals surface area contributed by atoms with E-state index in [4.69, 9.17) is 14.4 Å². The molecule has 0 unspecified atom stereocenters. The number of aromatic carboxylic acids is 1. The van der Waals surface area contributed by atoms with Crippen molar-refractivity contribution in [1.82, 2.24) is 15.8 Å². The van der Waals surface area contributed by atoms with Gasteiger partial charge in [-0.05, 0) is 28.7 Å². The van der Waals surface area contributed by atoms with Crippen LogP contribution in [0.2, 0.25) is 0 Å². The quantitative estimate of drug-likeness (QED) is 0.401. The SMILES string of the molecule is CCC[C@@H](CC(=O)NCc1cc(C(=O)O)no1)NC(=O)OCC1c2ccccc2-c2ccccc21. The largest absolute Gasteiger partial charge is 0.476 e. The van der Waals surface area contributed by atoms with Gasteiger partial charge in [0.1, 0.15) is 6.61 Å². The van der Waals surface area contributed by atoms with E-state index in [1.807, 2.05) is 31.2 Å². The molecule has 1 aromatic heterocycles. The molecule has 9 heteroatoms. The number of ether oxygens (including phenoxy) is 1. The third-order valence-corrected chi connectivity index (χ3v) is 5.97. The van der Waals surface area contributed by atoms with E-state index >= 15 is 0 Å². The van der Waals surface area contributed by atoms with Crippen LogP contribution in [-0.4, -0.2) is 40.9 Å². The minimum absolute atomic E-state index is 0.00288. The number of nitrogens with zero attached hydrogens (tertiary/aromatic N) is 1.